The maximum Gasteiger partial charge on any atom is 0.00843 e. The van der Waals surface area contributed by atoms with Gasteiger partial charge in [-0.3, -0.25) is 0 Å². The van der Waals surface area contributed by atoms with Crippen molar-refractivity contribution in [3.63, 3.8) is 0 Å². The first-order valence-electron chi connectivity index (χ1n) is 6.82. The van der Waals surface area contributed by atoms with Gasteiger partial charge in [-0.15, -0.1) is 0 Å². The van der Waals surface area contributed by atoms with Crippen molar-refractivity contribution in [1.82, 2.24) is 5.32 Å². The van der Waals surface area contributed by atoms with Crippen molar-refractivity contribution in [1.29, 1.82) is 0 Å². The summed E-state index contributed by atoms with van der Waals surface area (Å²) in [6.07, 6.45) is 12.9. The summed E-state index contributed by atoms with van der Waals surface area (Å²) < 4.78 is 0. The van der Waals surface area contributed by atoms with Crippen LogP contribution in [0.15, 0.2) is 0 Å². The Labute approximate surface area is 104 Å². The van der Waals surface area contributed by atoms with E-state index in [9.17, 15) is 0 Å². The van der Waals surface area contributed by atoms with Crippen LogP contribution in [-0.2, 0) is 0 Å². The minimum Gasteiger partial charge on any atom is -0.328 e. The summed E-state index contributed by atoms with van der Waals surface area (Å²) in [6.45, 7) is 0. The van der Waals surface area contributed by atoms with Gasteiger partial charge >= 0.3 is 0 Å². The van der Waals surface area contributed by atoms with Crippen LogP contribution in [0.2, 0.25) is 0 Å². The average Bonchev–Trinajstić information content (AvgIpc) is 2.30. The zero-order valence-corrected chi connectivity index (χ0v) is 11.3. The normalized spacial score (nSPS) is 40.9. The molecule has 0 radical (unpaired) electrons. The summed E-state index contributed by atoms with van der Waals surface area (Å²) in [6, 6.07) is 1.94. The third-order valence-electron chi connectivity index (χ3n) is 4.19. The van der Waals surface area contributed by atoms with Gasteiger partial charge in [0.25, 0.3) is 0 Å². The lowest BCUT2D eigenvalue weighted by Gasteiger charge is -2.34. The molecule has 2 nitrogen and oxygen atoms in total. The van der Waals surface area contributed by atoms with E-state index in [1.54, 1.807) is 0 Å². The maximum absolute atomic E-state index is 6.03. The summed E-state index contributed by atoms with van der Waals surface area (Å²) in [7, 11) is 0. The molecule has 0 amide bonds. The number of hydrogen-bond acceptors (Lipinski definition) is 3. The Morgan fingerprint density at radius 2 is 1.75 bits per heavy atom. The fourth-order valence-corrected chi connectivity index (χ4v) is 3.92. The molecule has 0 saturated heterocycles. The van der Waals surface area contributed by atoms with Crippen molar-refractivity contribution in [3.8, 4) is 0 Å². The molecule has 0 aromatic heterocycles. The van der Waals surface area contributed by atoms with Crippen molar-refractivity contribution in [2.24, 2.45) is 5.73 Å². The number of nitrogens with two attached hydrogens (primary N) is 1. The number of nitrogens with one attached hydrogen (secondary N) is 1. The molecule has 2 unspecified atom stereocenters. The summed E-state index contributed by atoms with van der Waals surface area (Å²) in [4.78, 5) is 0. The minimum atomic E-state index is 0.453. The summed E-state index contributed by atoms with van der Waals surface area (Å²) in [5, 5.41) is 4.77. The smallest absolute Gasteiger partial charge is 0.00843 e. The van der Waals surface area contributed by atoms with Crippen LogP contribution in [0, 0.1) is 0 Å². The highest BCUT2D eigenvalue weighted by atomic mass is 32.2. The van der Waals surface area contributed by atoms with Crippen LogP contribution < -0.4 is 11.1 Å². The van der Waals surface area contributed by atoms with Gasteiger partial charge in [-0.1, -0.05) is 6.42 Å². The Morgan fingerprint density at radius 1 is 1.00 bits per heavy atom. The fourth-order valence-electron chi connectivity index (χ4n) is 3.18. The first-order chi connectivity index (χ1) is 7.78. The van der Waals surface area contributed by atoms with Gasteiger partial charge in [-0.2, -0.15) is 11.8 Å². The molecule has 3 heteroatoms. The molecule has 94 valence electrons. The second kappa shape index (κ2) is 6.27. The lowest BCUT2D eigenvalue weighted by atomic mass is 9.89. The number of rotatable bonds is 3. The van der Waals surface area contributed by atoms with Gasteiger partial charge in [0.15, 0.2) is 0 Å². The van der Waals surface area contributed by atoms with Crippen molar-refractivity contribution in [2.45, 2.75) is 74.7 Å². The highest BCUT2D eigenvalue weighted by Gasteiger charge is 2.25. The first kappa shape index (κ1) is 12.7. The zero-order valence-electron chi connectivity index (χ0n) is 10.5. The van der Waals surface area contributed by atoms with Crippen LogP contribution in [-0.4, -0.2) is 29.6 Å². The Balaban J connectivity index is 1.69. The predicted molar refractivity (Wildman–Crippen MR) is 72.9 cm³/mol. The zero-order chi connectivity index (χ0) is 11.4. The third-order valence-corrected chi connectivity index (χ3v) is 5.33. The van der Waals surface area contributed by atoms with E-state index >= 15 is 0 Å². The quantitative estimate of drug-likeness (QED) is 0.798. The van der Waals surface area contributed by atoms with Crippen molar-refractivity contribution < 1.29 is 0 Å². The molecular formula is C13H26N2S. The molecular weight excluding hydrogens is 216 g/mol. The minimum absolute atomic E-state index is 0.453. The number of hydrogen-bond donors (Lipinski definition) is 2. The van der Waals surface area contributed by atoms with Gasteiger partial charge in [-0.05, 0) is 51.2 Å². The van der Waals surface area contributed by atoms with E-state index in [4.69, 9.17) is 5.73 Å². The monoisotopic (exact) mass is 242 g/mol. The van der Waals surface area contributed by atoms with Crippen molar-refractivity contribution in [3.05, 3.63) is 0 Å². The van der Waals surface area contributed by atoms with Gasteiger partial charge in [0.2, 0.25) is 0 Å². The molecule has 2 fully saturated rings. The van der Waals surface area contributed by atoms with E-state index in [0.29, 0.717) is 12.1 Å². The van der Waals surface area contributed by atoms with E-state index in [1.807, 2.05) is 11.8 Å². The second-order valence-electron chi connectivity index (χ2n) is 5.50. The molecule has 0 aromatic carbocycles. The summed E-state index contributed by atoms with van der Waals surface area (Å²) >= 11 is 2.05. The van der Waals surface area contributed by atoms with Crippen LogP contribution >= 0.6 is 11.8 Å². The van der Waals surface area contributed by atoms with Crippen molar-refractivity contribution in [2.75, 3.05) is 6.26 Å². The molecule has 0 aromatic rings. The SMILES string of the molecule is CSC1CCC(NC2CCCC(N)C2)CC1. The fraction of sp³-hybridized carbons (Fsp3) is 1.00. The Hall–Kier alpha value is 0.270. The average molecular weight is 242 g/mol. The molecule has 2 saturated carbocycles. The summed E-state index contributed by atoms with van der Waals surface area (Å²) in [5.41, 5.74) is 6.03. The molecule has 0 bridgehead atoms. The Kier molecular flexibility index (Phi) is 4.98. The van der Waals surface area contributed by atoms with Crippen LogP contribution in [0.4, 0.5) is 0 Å². The standard InChI is InChI=1S/C13H26N2S/c1-16-13-7-5-11(6-8-13)15-12-4-2-3-10(14)9-12/h10-13,15H,2-9,14H2,1H3. The molecule has 2 rings (SSSR count). The van der Waals surface area contributed by atoms with E-state index in [1.165, 1.54) is 51.4 Å². The van der Waals surface area contributed by atoms with Gasteiger partial charge in [0.05, 0.1) is 0 Å². The Bertz CT molecular complexity index is 202. The summed E-state index contributed by atoms with van der Waals surface area (Å²) in [5.74, 6) is 0. The van der Waals surface area contributed by atoms with Gasteiger partial charge < -0.3 is 11.1 Å². The number of thioether (sulfide) groups is 1. The van der Waals surface area contributed by atoms with Crippen LogP contribution in [0.3, 0.4) is 0 Å². The third kappa shape index (κ3) is 3.64. The predicted octanol–water partition coefficient (Wildman–Crippen LogP) is 2.52. The van der Waals surface area contributed by atoms with E-state index in [2.05, 4.69) is 11.6 Å². The molecule has 0 spiro atoms. The van der Waals surface area contributed by atoms with E-state index < -0.39 is 0 Å². The first-order valence-corrected chi connectivity index (χ1v) is 8.11. The van der Waals surface area contributed by atoms with Crippen LogP contribution in [0.1, 0.15) is 51.4 Å². The highest BCUT2D eigenvalue weighted by molar-refractivity contribution is 7.99. The molecule has 2 aliphatic carbocycles. The van der Waals surface area contributed by atoms with E-state index in [0.717, 1.165) is 11.3 Å². The lowest BCUT2D eigenvalue weighted by Crippen LogP contribution is -2.45. The Morgan fingerprint density at radius 3 is 2.38 bits per heavy atom. The highest BCUT2D eigenvalue weighted by Crippen LogP contribution is 2.28. The molecule has 2 aliphatic rings. The molecule has 0 heterocycles. The van der Waals surface area contributed by atoms with Crippen LogP contribution in [0.25, 0.3) is 0 Å². The molecule has 16 heavy (non-hydrogen) atoms. The van der Waals surface area contributed by atoms with Gasteiger partial charge in [0.1, 0.15) is 0 Å². The second-order valence-corrected chi connectivity index (χ2v) is 6.64. The molecule has 3 N–H and O–H groups in total. The van der Waals surface area contributed by atoms with Gasteiger partial charge in [-0.25, -0.2) is 0 Å². The topological polar surface area (TPSA) is 38.0 Å². The lowest BCUT2D eigenvalue weighted by molar-refractivity contribution is 0.278. The van der Waals surface area contributed by atoms with E-state index in [-0.39, 0.29) is 0 Å². The molecule has 2 atom stereocenters. The molecule has 0 aliphatic heterocycles. The maximum atomic E-state index is 6.03. The van der Waals surface area contributed by atoms with Crippen molar-refractivity contribution >= 4 is 11.8 Å². The van der Waals surface area contributed by atoms with Gasteiger partial charge in [0, 0.05) is 23.4 Å². The van der Waals surface area contributed by atoms with Crippen LogP contribution in [0.5, 0.6) is 0 Å². The largest absolute Gasteiger partial charge is 0.328 e.